The first kappa shape index (κ1) is 18.5. The first-order chi connectivity index (χ1) is 11.0. The second kappa shape index (κ2) is 7.81. The summed E-state index contributed by atoms with van der Waals surface area (Å²) in [6, 6.07) is 10.1. The molecule has 24 heavy (non-hydrogen) atoms. The van der Waals surface area contributed by atoms with Crippen molar-refractivity contribution in [1.82, 2.24) is 15.1 Å². The number of carbonyl (C=O) groups excluding carboxylic acids is 1. The van der Waals surface area contributed by atoms with Gasteiger partial charge < -0.3 is 10.6 Å². The fourth-order valence-corrected chi connectivity index (χ4v) is 3.10. The van der Waals surface area contributed by atoms with E-state index in [4.69, 9.17) is 5.73 Å². The molecule has 2 aromatic rings. The fraction of sp³-hybridized carbons (Fsp3) is 0.444. The summed E-state index contributed by atoms with van der Waals surface area (Å²) in [6.07, 6.45) is 2.11. The van der Waals surface area contributed by atoms with Crippen molar-refractivity contribution in [3.8, 4) is 11.3 Å². The molecule has 0 saturated carbocycles. The third-order valence-electron chi connectivity index (χ3n) is 4.64. The molecule has 0 bridgehead atoms. The van der Waals surface area contributed by atoms with E-state index in [0.29, 0.717) is 11.6 Å². The Balaban J connectivity index is 0.00000208. The molecule has 1 saturated heterocycles. The number of carbonyl (C=O) groups is 1. The lowest BCUT2D eigenvalue weighted by Crippen LogP contribution is -2.45. The van der Waals surface area contributed by atoms with Gasteiger partial charge in [-0.05, 0) is 38.7 Å². The van der Waals surface area contributed by atoms with Crippen LogP contribution in [0.25, 0.3) is 11.3 Å². The molecule has 5 nitrogen and oxygen atoms in total. The third-order valence-corrected chi connectivity index (χ3v) is 4.64. The maximum Gasteiger partial charge on any atom is 0.271 e. The van der Waals surface area contributed by atoms with Crippen molar-refractivity contribution in [2.75, 3.05) is 13.1 Å². The van der Waals surface area contributed by atoms with Gasteiger partial charge in [0.15, 0.2) is 0 Å². The maximum absolute atomic E-state index is 12.7. The largest absolute Gasteiger partial charge is 0.337 e. The van der Waals surface area contributed by atoms with Crippen LogP contribution < -0.4 is 5.73 Å². The first-order valence-electron chi connectivity index (χ1n) is 8.22. The van der Waals surface area contributed by atoms with E-state index in [1.54, 1.807) is 0 Å². The number of amides is 1. The molecule has 1 amide bonds. The summed E-state index contributed by atoms with van der Waals surface area (Å²) in [5.74, 6) is 0.397. The number of nitrogens with zero attached hydrogens (tertiary/aromatic N) is 2. The van der Waals surface area contributed by atoms with Gasteiger partial charge in [-0.3, -0.25) is 9.89 Å². The standard InChI is InChI=1S/C18H24N4O.ClH/c1-12-5-7-14(8-6-12)16-10-17(21-20-16)18(23)22-9-3-4-15(11-22)13(2)19;/h5-8,10,13,15H,3-4,9,11,19H2,1-2H3,(H,20,21);1H. The predicted octanol–water partition coefficient (Wildman–Crippen LogP) is 3.01. The highest BCUT2D eigenvalue weighted by molar-refractivity contribution is 5.93. The van der Waals surface area contributed by atoms with Crippen LogP contribution in [0, 0.1) is 12.8 Å². The number of aryl methyl sites for hydroxylation is 1. The zero-order valence-electron chi connectivity index (χ0n) is 14.2. The molecule has 2 heterocycles. The SMILES string of the molecule is Cc1ccc(-c2cc(C(=O)N3CCCC(C(C)N)C3)[nH]n2)cc1.Cl. The molecule has 2 atom stereocenters. The summed E-state index contributed by atoms with van der Waals surface area (Å²) < 4.78 is 0. The van der Waals surface area contributed by atoms with E-state index in [1.807, 2.05) is 42.2 Å². The van der Waals surface area contributed by atoms with Gasteiger partial charge in [-0.1, -0.05) is 29.8 Å². The first-order valence-corrected chi connectivity index (χ1v) is 8.22. The van der Waals surface area contributed by atoms with E-state index < -0.39 is 0 Å². The third kappa shape index (κ3) is 3.97. The Morgan fingerprint density at radius 1 is 1.38 bits per heavy atom. The molecule has 1 aromatic heterocycles. The molecule has 1 aliphatic rings. The van der Waals surface area contributed by atoms with Crippen molar-refractivity contribution in [1.29, 1.82) is 0 Å². The number of aromatic nitrogens is 2. The van der Waals surface area contributed by atoms with Crippen LogP contribution >= 0.6 is 12.4 Å². The van der Waals surface area contributed by atoms with Gasteiger partial charge in [0.1, 0.15) is 5.69 Å². The van der Waals surface area contributed by atoms with Crippen LogP contribution in [0.5, 0.6) is 0 Å². The molecule has 0 aliphatic carbocycles. The maximum atomic E-state index is 12.7. The van der Waals surface area contributed by atoms with E-state index in [0.717, 1.165) is 37.2 Å². The summed E-state index contributed by atoms with van der Waals surface area (Å²) in [5.41, 5.74) is 9.57. The number of likely N-dealkylation sites (tertiary alicyclic amines) is 1. The molecule has 0 radical (unpaired) electrons. The Hall–Kier alpha value is -1.85. The molecule has 0 spiro atoms. The average molecular weight is 349 g/mol. The van der Waals surface area contributed by atoms with Gasteiger partial charge in [0.25, 0.3) is 5.91 Å². The molecule has 1 aliphatic heterocycles. The van der Waals surface area contributed by atoms with Crippen LogP contribution in [-0.4, -0.2) is 40.1 Å². The molecular formula is C18H25ClN4O. The lowest BCUT2D eigenvalue weighted by Gasteiger charge is -2.34. The number of benzene rings is 1. The van der Waals surface area contributed by atoms with Gasteiger partial charge in [0.2, 0.25) is 0 Å². The smallest absolute Gasteiger partial charge is 0.271 e. The minimum Gasteiger partial charge on any atom is -0.337 e. The van der Waals surface area contributed by atoms with E-state index >= 15 is 0 Å². The van der Waals surface area contributed by atoms with Gasteiger partial charge in [0.05, 0.1) is 5.69 Å². The summed E-state index contributed by atoms with van der Waals surface area (Å²) in [6.45, 7) is 5.59. The lowest BCUT2D eigenvalue weighted by molar-refractivity contribution is 0.0655. The molecular weight excluding hydrogens is 324 g/mol. The second-order valence-corrected chi connectivity index (χ2v) is 6.55. The quantitative estimate of drug-likeness (QED) is 0.895. The molecule has 2 unspecified atom stereocenters. The van der Waals surface area contributed by atoms with Crippen molar-refractivity contribution in [2.24, 2.45) is 11.7 Å². The number of hydrogen-bond acceptors (Lipinski definition) is 3. The van der Waals surface area contributed by atoms with Crippen molar-refractivity contribution >= 4 is 18.3 Å². The molecule has 130 valence electrons. The van der Waals surface area contributed by atoms with Gasteiger partial charge in [0, 0.05) is 24.7 Å². The van der Waals surface area contributed by atoms with Crippen LogP contribution in [0.1, 0.15) is 35.8 Å². The predicted molar refractivity (Wildman–Crippen MR) is 98.3 cm³/mol. The van der Waals surface area contributed by atoms with Crippen LogP contribution in [0.2, 0.25) is 0 Å². The molecule has 1 aromatic carbocycles. The highest BCUT2D eigenvalue weighted by Crippen LogP contribution is 2.22. The Morgan fingerprint density at radius 2 is 2.08 bits per heavy atom. The Labute approximate surface area is 149 Å². The number of aromatic amines is 1. The van der Waals surface area contributed by atoms with Crippen molar-refractivity contribution in [3.63, 3.8) is 0 Å². The topological polar surface area (TPSA) is 75.0 Å². The lowest BCUT2D eigenvalue weighted by atomic mass is 9.92. The number of nitrogens with two attached hydrogens (primary N) is 1. The highest BCUT2D eigenvalue weighted by Gasteiger charge is 2.27. The van der Waals surface area contributed by atoms with Crippen molar-refractivity contribution < 1.29 is 4.79 Å². The highest BCUT2D eigenvalue weighted by atomic mass is 35.5. The summed E-state index contributed by atoms with van der Waals surface area (Å²) >= 11 is 0. The summed E-state index contributed by atoms with van der Waals surface area (Å²) in [7, 11) is 0. The van der Waals surface area contributed by atoms with E-state index in [9.17, 15) is 4.79 Å². The monoisotopic (exact) mass is 348 g/mol. The van der Waals surface area contributed by atoms with E-state index in [-0.39, 0.29) is 24.4 Å². The number of H-pyrrole nitrogens is 1. The Morgan fingerprint density at radius 3 is 2.75 bits per heavy atom. The van der Waals surface area contributed by atoms with Gasteiger partial charge in [-0.2, -0.15) is 5.10 Å². The summed E-state index contributed by atoms with van der Waals surface area (Å²) in [5, 5.41) is 7.18. The zero-order valence-corrected chi connectivity index (χ0v) is 15.0. The number of halogens is 1. The van der Waals surface area contributed by atoms with Crippen molar-refractivity contribution in [2.45, 2.75) is 32.7 Å². The minimum absolute atomic E-state index is 0. The van der Waals surface area contributed by atoms with Gasteiger partial charge >= 0.3 is 0 Å². The van der Waals surface area contributed by atoms with E-state index in [2.05, 4.69) is 17.1 Å². The van der Waals surface area contributed by atoms with E-state index in [1.165, 1.54) is 5.56 Å². The van der Waals surface area contributed by atoms with Crippen LogP contribution in [0.4, 0.5) is 0 Å². The minimum atomic E-state index is 0. The molecule has 1 fully saturated rings. The van der Waals surface area contributed by atoms with Crippen LogP contribution in [0.3, 0.4) is 0 Å². The average Bonchev–Trinajstić information content (AvgIpc) is 3.05. The number of nitrogens with one attached hydrogen (secondary N) is 1. The van der Waals surface area contributed by atoms with Crippen molar-refractivity contribution in [3.05, 3.63) is 41.6 Å². The number of piperidine rings is 1. The normalized spacial score (nSPS) is 18.8. The zero-order chi connectivity index (χ0) is 16.4. The molecule has 3 rings (SSSR count). The number of rotatable bonds is 3. The molecule has 6 heteroatoms. The van der Waals surface area contributed by atoms with Crippen LogP contribution in [0.15, 0.2) is 30.3 Å². The van der Waals surface area contributed by atoms with Gasteiger partial charge in [-0.15, -0.1) is 12.4 Å². The fourth-order valence-electron chi connectivity index (χ4n) is 3.10. The Bertz CT molecular complexity index is 681. The van der Waals surface area contributed by atoms with Gasteiger partial charge in [-0.25, -0.2) is 0 Å². The summed E-state index contributed by atoms with van der Waals surface area (Å²) in [4.78, 5) is 14.6. The second-order valence-electron chi connectivity index (χ2n) is 6.55. The number of hydrogen-bond donors (Lipinski definition) is 2. The molecule has 3 N–H and O–H groups in total. The Kier molecular flexibility index (Phi) is 6.02. The van der Waals surface area contributed by atoms with Crippen LogP contribution in [-0.2, 0) is 0 Å².